The molecule has 0 atom stereocenters. The van der Waals surface area contributed by atoms with E-state index in [1.54, 1.807) is 6.33 Å². The Bertz CT molecular complexity index is 513. The Morgan fingerprint density at radius 3 is 3.06 bits per heavy atom. The highest BCUT2D eigenvalue weighted by Gasteiger charge is 2.06. The smallest absolute Gasteiger partial charge is 0.166 e. The molecule has 0 spiro atoms. The third kappa shape index (κ3) is 2.71. The van der Waals surface area contributed by atoms with Crippen LogP contribution in [0.5, 0.6) is 0 Å². The van der Waals surface area contributed by atoms with Crippen LogP contribution in [0.4, 0.5) is 10.2 Å². The van der Waals surface area contributed by atoms with E-state index in [2.05, 4.69) is 20.5 Å². The van der Waals surface area contributed by atoms with Crippen molar-refractivity contribution in [1.82, 2.24) is 19.7 Å². The molecule has 0 aromatic carbocycles. The predicted octanol–water partition coefficient (Wildman–Crippen LogP) is 2.10. The lowest BCUT2D eigenvalue weighted by atomic mass is 10.4. The second-order valence-electron chi connectivity index (χ2n) is 3.37. The molecule has 90 valence electrons. The number of rotatable bonds is 4. The number of aromatic nitrogens is 4. The van der Waals surface area contributed by atoms with Gasteiger partial charge in [0.05, 0.1) is 11.6 Å². The summed E-state index contributed by atoms with van der Waals surface area (Å²) in [4.78, 5) is 3.86. The highest BCUT2D eigenvalue weighted by molar-refractivity contribution is 6.30. The normalized spacial score (nSPS) is 10.5. The predicted molar refractivity (Wildman–Crippen MR) is 62.2 cm³/mol. The summed E-state index contributed by atoms with van der Waals surface area (Å²) in [7, 11) is 0. The molecule has 2 rings (SSSR count). The topological polar surface area (TPSA) is 55.6 Å². The van der Waals surface area contributed by atoms with Crippen LogP contribution in [0.2, 0.25) is 5.02 Å². The van der Waals surface area contributed by atoms with Gasteiger partial charge in [-0.25, -0.2) is 9.37 Å². The number of anilines is 1. The highest BCUT2D eigenvalue weighted by atomic mass is 35.5. The molecule has 0 unspecified atom stereocenters. The fourth-order valence-electron chi connectivity index (χ4n) is 1.39. The van der Waals surface area contributed by atoms with Crippen molar-refractivity contribution in [3.8, 4) is 0 Å². The quantitative estimate of drug-likeness (QED) is 0.909. The van der Waals surface area contributed by atoms with Gasteiger partial charge in [0.1, 0.15) is 6.33 Å². The summed E-state index contributed by atoms with van der Waals surface area (Å²) in [5.74, 6) is 0.392. The molecule has 0 amide bonds. The Hall–Kier alpha value is -1.69. The first-order valence-electron chi connectivity index (χ1n) is 5.12. The Kier molecular flexibility index (Phi) is 3.53. The first kappa shape index (κ1) is 11.8. The molecule has 2 aromatic heterocycles. The van der Waals surface area contributed by atoms with Gasteiger partial charge in [-0.1, -0.05) is 11.6 Å². The number of halogens is 2. The summed E-state index contributed by atoms with van der Waals surface area (Å²) in [5.41, 5.74) is 0. The van der Waals surface area contributed by atoms with E-state index in [-0.39, 0.29) is 10.8 Å². The van der Waals surface area contributed by atoms with Crippen LogP contribution < -0.4 is 5.32 Å². The van der Waals surface area contributed by atoms with E-state index in [9.17, 15) is 4.39 Å². The van der Waals surface area contributed by atoms with E-state index in [1.165, 1.54) is 12.3 Å². The molecule has 0 aliphatic heterocycles. The number of nitrogens with zero attached hydrogens (tertiary/aromatic N) is 4. The van der Waals surface area contributed by atoms with E-state index in [0.717, 1.165) is 12.4 Å². The average Bonchev–Trinajstić information content (AvgIpc) is 2.75. The number of pyridine rings is 1. The Morgan fingerprint density at radius 1 is 1.53 bits per heavy atom. The Balaban J connectivity index is 2.07. The molecular formula is C10H11ClFN5. The zero-order chi connectivity index (χ0) is 12.3. The van der Waals surface area contributed by atoms with Crippen LogP contribution in [-0.4, -0.2) is 19.7 Å². The zero-order valence-corrected chi connectivity index (χ0v) is 9.95. The molecule has 2 heterocycles. The van der Waals surface area contributed by atoms with Crippen molar-refractivity contribution in [3.05, 3.63) is 35.3 Å². The lowest BCUT2D eigenvalue weighted by Crippen LogP contribution is -2.09. The molecule has 5 nitrogen and oxygen atoms in total. The first-order chi connectivity index (χ1) is 8.20. The lowest BCUT2D eigenvalue weighted by Gasteiger charge is -2.07. The van der Waals surface area contributed by atoms with E-state index >= 15 is 0 Å². The van der Waals surface area contributed by atoms with Gasteiger partial charge in [-0.2, -0.15) is 0 Å². The van der Waals surface area contributed by atoms with Gasteiger partial charge in [-0.05, 0) is 13.0 Å². The summed E-state index contributed by atoms with van der Waals surface area (Å²) < 4.78 is 15.3. The molecule has 1 N–H and O–H groups in total. The Labute approximate surface area is 103 Å². The molecule has 17 heavy (non-hydrogen) atoms. The van der Waals surface area contributed by atoms with Gasteiger partial charge in [0.25, 0.3) is 0 Å². The fourth-order valence-corrected chi connectivity index (χ4v) is 1.53. The number of nitrogens with one attached hydrogen (secondary N) is 1. The largest absolute Gasteiger partial charge is 0.360 e. The van der Waals surface area contributed by atoms with Crippen molar-refractivity contribution in [1.29, 1.82) is 0 Å². The second-order valence-corrected chi connectivity index (χ2v) is 3.81. The third-order valence-electron chi connectivity index (χ3n) is 2.26. The molecule has 0 bridgehead atoms. The van der Waals surface area contributed by atoms with Gasteiger partial charge in [-0.15, -0.1) is 10.2 Å². The number of hydrogen-bond acceptors (Lipinski definition) is 4. The van der Waals surface area contributed by atoms with E-state index in [0.29, 0.717) is 6.54 Å². The monoisotopic (exact) mass is 255 g/mol. The van der Waals surface area contributed by atoms with Crippen LogP contribution in [0.25, 0.3) is 0 Å². The van der Waals surface area contributed by atoms with Crippen molar-refractivity contribution in [2.24, 2.45) is 0 Å². The first-order valence-corrected chi connectivity index (χ1v) is 5.50. The minimum absolute atomic E-state index is 0.153. The summed E-state index contributed by atoms with van der Waals surface area (Å²) >= 11 is 5.61. The van der Waals surface area contributed by atoms with E-state index < -0.39 is 5.82 Å². The lowest BCUT2D eigenvalue weighted by molar-refractivity contribution is 0.622. The average molecular weight is 256 g/mol. The maximum absolute atomic E-state index is 13.4. The van der Waals surface area contributed by atoms with Crippen molar-refractivity contribution in [2.75, 3.05) is 5.32 Å². The van der Waals surface area contributed by atoms with Crippen molar-refractivity contribution < 1.29 is 4.39 Å². The van der Waals surface area contributed by atoms with Crippen LogP contribution in [0.1, 0.15) is 12.7 Å². The third-order valence-corrected chi connectivity index (χ3v) is 2.46. The maximum Gasteiger partial charge on any atom is 0.166 e. The van der Waals surface area contributed by atoms with Crippen LogP contribution >= 0.6 is 11.6 Å². The fraction of sp³-hybridized carbons (Fsp3) is 0.300. The van der Waals surface area contributed by atoms with Gasteiger partial charge in [-0.3, -0.25) is 0 Å². The van der Waals surface area contributed by atoms with Gasteiger partial charge in [0.2, 0.25) is 0 Å². The van der Waals surface area contributed by atoms with Gasteiger partial charge < -0.3 is 9.88 Å². The van der Waals surface area contributed by atoms with E-state index in [1.807, 2.05) is 11.5 Å². The van der Waals surface area contributed by atoms with Crippen molar-refractivity contribution in [3.63, 3.8) is 0 Å². The molecule has 7 heteroatoms. The SMILES string of the molecule is CCn1cnnc1CNc1ncc(Cl)cc1F. The maximum atomic E-state index is 13.4. The van der Waals surface area contributed by atoms with Crippen LogP contribution in [0.15, 0.2) is 18.6 Å². The highest BCUT2D eigenvalue weighted by Crippen LogP contribution is 2.15. The Morgan fingerprint density at radius 2 is 2.35 bits per heavy atom. The zero-order valence-electron chi connectivity index (χ0n) is 9.19. The van der Waals surface area contributed by atoms with Gasteiger partial charge in [0, 0.05) is 12.7 Å². The minimum Gasteiger partial charge on any atom is -0.360 e. The van der Waals surface area contributed by atoms with Crippen molar-refractivity contribution >= 4 is 17.4 Å². The molecule has 0 saturated heterocycles. The van der Waals surface area contributed by atoms with Crippen LogP contribution in [0.3, 0.4) is 0 Å². The molecule has 0 saturated carbocycles. The number of aryl methyl sites for hydroxylation is 1. The number of hydrogen-bond donors (Lipinski definition) is 1. The molecule has 0 aliphatic rings. The summed E-state index contributed by atoms with van der Waals surface area (Å²) in [6.07, 6.45) is 3.01. The van der Waals surface area contributed by atoms with Gasteiger partial charge >= 0.3 is 0 Å². The van der Waals surface area contributed by atoms with Gasteiger partial charge in [0.15, 0.2) is 17.5 Å². The minimum atomic E-state index is -0.486. The second kappa shape index (κ2) is 5.09. The summed E-state index contributed by atoms with van der Waals surface area (Å²) in [6, 6.07) is 1.21. The molecule has 0 fully saturated rings. The summed E-state index contributed by atoms with van der Waals surface area (Å²) in [6.45, 7) is 3.11. The van der Waals surface area contributed by atoms with Crippen LogP contribution in [-0.2, 0) is 13.1 Å². The molecular weight excluding hydrogens is 245 g/mol. The summed E-state index contributed by atoms with van der Waals surface area (Å²) in [5, 5.41) is 10.8. The molecule has 0 radical (unpaired) electrons. The molecule has 0 aliphatic carbocycles. The standard InChI is InChI=1S/C10H11ClFN5/c1-2-17-6-15-16-9(17)5-14-10-8(12)3-7(11)4-13-10/h3-4,6H,2,5H2,1H3,(H,13,14). The van der Waals surface area contributed by atoms with Crippen LogP contribution in [0, 0.1) is 5.82 Å². The van der Waals surface area contributed by atoms with Crippen molar-refractivity contribution in [2.45, 2.75) is 20.0 Å². The molecule has 2 aromatic rings. The van der Waals surface area contributed by atoms with E-state index in [4.69, 9.17) is 11.6 Å².